The van der Waals surface area contributed by atoms with Gasteiger partial charge in [-0.3, -0.25) is 19.3 Å². The zero-order valence-electron chi connectivity index (χ0n) is 14.6. The first kappa shape index (κ1) is 17.7. The summed E-state index contributed by atoms with van der Waals surface area (Å²) >= 11 is 0. The Morgan fingerprint density at radius 2 is 1.81 bits per heavy atom. The van der Waals surface area contributed by atoms with Crippen LogP contribution in [0.15, 0.2) is 48.5 Å². The van der Waals surface area contributed by atoms with Crippen molar-refractivity contribution < 1.29 is 23.9 Å². The normalized spacial score (nSPS) is 16.5. The predicted octanol–water partition coefficient (Wildman–Crippen LogP) is 2.72. The van der Waals surface area contributed by atoms with Gasteiger partial charge in [-0.2, -0.15) is 0 Å². The van der Waals surface area contributed by atoms with Crippen LogP contribution in [-0.4, -0.2) is 41.8 Å². The summed E-state index contributed by atoms with van der Waals surface area (Å²) in [5.41, 5.74) is 0.671. The summed E-state index contributed by atoms with van der Waals surface area (Å²) < 4.78 is 10.9. The smallest absolute Gasteiger partial charge is 0.270 e. The lowest BCUT2D eigenvalue weighted by Gasteiger charge is -2.19. The van der Waals surface area contributed by atoms with Crippen molar-refractivity contribution in [1.29, 1.82) is 0 Å². The number of benzene rings is 2. The second-order valence-electron chi connectivity index (χ2n) is 5.87. The summed E-state index contributed by atoms with van der Waals surface area (Å²) in [5.74, 6) is -0.405. The van der Waals surface area contributed by atoms with Crippen LogP contribution < -0.4 is 9.47 Å². The molecule has 0 saturated carbocycles. The van der Waals surface area contributed by atoms with Gasteiger partial charge in [-0.05, 0) is 50.2 Å². The largest absolute Gasteiger partial charge is 0.494 e. The first-order valence-corrected chi connectivity index (χ1v) is 8.38. The number of para-hydroxylation sites is 1. The van der Waals surface area contributed by atoms with Crippen LogP contribution in [0.3, 0.4) is 0 Å². The standard InChI is InChI=1S/C20H19NO5/c1-3-25-15-10-8-14(9-11-15)17(22)12-21-19(23)13(2)26-18-7-5-4-6-16(18)20(21)24/h4-11,13H,3,12H2,1-2H3/t13-/m1/s1. The van der Waals surface area contributed by atoms with Crippen LogP contribution in [-0.2, 0) is 4.79 Å². The van der Waals surface area contributed by atoms with E-state index >= 15 is 0 Å². The van der Waals surface area contributed by atoms with E-state index in [4.69, 9.17) is 9.47 Å². The van der Waals surface area contributed by atoms with Gasteiger partial charge in [0.1, 0.15) is 11.5 Å². The molecule has 1 aliphatic rings. The van der Waals surface area contributed by atoms with Crippen LogP contribution in [0.4, 0.5) is 0 Å². The number of rotatable bonds is 5. The van der Waals surface area contributed by atoms with Gasteiger partial charge in [0.05, 0.1) is 18.7 Å². The molecule has 0 unspecified atom stereocenters. The number of hydrogen-bond acceptors (Lipinski definition) is 5. The Bertz CT molecular complexity index is 844. The van der Waals surface area contributed by atoms with Gasteiger partial charge < -0.3 is 9.47 Å². The number of carbonyl (C=O) groups excluding carboxylic acids is 3. The molecule has 2 aromatic rings. The van der Waals surface area contributed by atoms with Gasteiger partial charge in [0, 0.05) is 5.56 Å². The molecular weight excluding hydrogens is 334 g/mol. The maximum absolute atomic E-state index is 12.8. The summed E-state index contributed by atoms with van der Waals surface area (Å²) in [5, 5.41) is 0. The van der Waals surface area contributed by atoms with E-state index in [1.807, 2.05) is 6.92 Å². The summed E-state index contributed by atoms with van der Waals surface area (Å²) in [6.07, 6.45) is -0.851. The van der Waals surface area contributed by atoms with E-state index in [1.54, 1.807) is 55.5 Å². The lowest BCUT2D eigenvalue weighted by Crippen LogP contribution is -2.44. The summed E-state index contributed by atoms with van der Waals surface area (Å²) in [7, 11) is 0. The van der Waals surface area contributed by atoms with Crippen LogP contribution in [0.1, 0.15) is 34.6 Å². The number of ketones is 1. The van der Waals surface area contributed by atoms with Crippen molar-refractivity contribution in [2.75, 3.05) is 13.2 Å². The molecule has 0 radical (unpaired) electrons. The van der Waals surface area contributed by atoms with Gasteiger partial charge in [-0.1, -0.05) is 12.1 Å². The molecule has 0 spiro atoms. The molecule has 2 amide bonds. The second kappa shape index (κ2) is 7.39. The van der Waals surface area contributed by atoms with Crippen LogP contribution in [0.2, 0.25) is 0 Å². The number of imide groups is 1. The monoisotopic (exact) mass is 353 g/mol. The third kappa shape index (κ3) is 3.44. The lowest BCUT2D eigenvalue weighted by atomic mass is 10.1. The fourth-order valence-corrected chi connectivity index (χ4v) is 2.74. The van der Waals surface area contributed by atoms with Gasteiger partial charge in [0.2, 0.25) is 0 Å². The maximum atomic E-state index is 12.8. The fraction of sp³-hybridized carbons (Fsp3) is 0.250. The van der Waals surface area contributed by atoms with Gasteiger partial charge in [0.15, 0.2) is 11.9 Å². The average Bonchev–Trinajstić information content (AvgIpc) is 2.73. The molecule has 3 rings (SSSR count). The van der Waals surface area contributed by atoms with Gasteiger partial charge >= 0.3 is 0 Å². The Balaban J connectivity index is 1.84. The molecule has 1 heterocycles. The number of fused-ring (bicyclic) bond motifs is 1. The molecule has 26 heavy (non-hydrogen) atoms. The third-order valence-corrected chi connectivity index (χ3v) is 4.07. The highest BCUT2D eigenvalue weighted by atomic mass is 16.5. The van der Waals surface area contributed by atoms with E-state index in [0.717, 1.165) is 4.90 Å². The Morgan fingerprint density at radius 3 is 2.50 bits per heavy atom. The molecule has 1 atom stereocenters. The minimum absolute atomic E-state index is 0.268. The molecule has 6 nitrogen and oxygen atoms in total. The Hall–Kier alpha value is -3.15. The van der Waals surface area contributed by atoms with Crippen molar-refractivity contribution in [3.8, 4) is 11.5 Å². The van der Waals surface area contributed by atoms with Gasteiger partial charge in [0.25, 0.3) is 11.8 Å². The molecule has 6 heteroatoms. The van der Waals surface area contributed by atoms with Crippen LogP contribution in [0.5, 0.6) is 11.5 Å². The van der Waals surface area contributed by atoms with Gasteiger partial charge in [-0.15, -0.1) is 0 Å². The minimum atomic E-state index is -0.851. The second-order valence-corrected chi connectivity index (χ2v) is 5.87. The summed E-state index contributed by atoms with van der Waals surface area (Å²) in [4.78, 5) is 38.8. The highest BCUT2D eigenvalue weighted by Gasteiger charge is 2.35. The van der Waals surface area contributed by atoms with Crippen molar-refractivity contribution in [3.63, 3.8) is 0 Å². The average molecular weight is 353 g/mol. The summed E-state index contributed by atoms with van der Waals surface area (Å²) in [6.45, 7) is 3.62. The first-order valence-electron chi connectivity index (χ1n) is 8.38. The number of nitrogens with zero attached hydrogens (tertiary/aromatic N) is 1. The van der Waals surface area contributed by atoms with E-state index in [1.165, 1.54) is 0 Å². The molecule has 1 aliphatic heterocycles. The molecule has 134 valence electrons. The zero-order chi connectivity index (χ0) is 18.7. The number of Topliss-reactive ketones (excluding diaryl/α,β-unsaturated/α-hetero) is 1. The lowest BCUT2D eigenvalue weighted by molar-refractivity contribution is -0.134. The minimum Gasteiger partial charge on any atom is -0.494 e. The van der Waals surface area contributed by atoms with E-state index in [9.17, 15) is 14.4 Å². The van der Waals surface area contributed by atoms with Crippen molar-refractivity contribution >= 4 is 17.6 Å². The van der Waals surface area contributed by atoms with E-state index in [2.05, 4.69) is 0 Å². The third-order valence-electron chi connectivity index (χ3n) is 4.07. The highest BCUT2D eigenvalue weighted by molar-refractivity contribution is 6.12. The topological polar surface area (TPSA) is 72.9 Å². The van der Waals surface area contributed by atoms with Crippen molar-refractivity contribution in [3.05, 3.63) is 59.7 Å². The van der Waals surface area contributed by atoms with Gasteiger partial charge in [-0.25, -0.2) is 0 Å². The predicted molar refractivity (Wildman–Crippen MR) is 94.5 cm³/mol. The number of carbonyl (C=O) groups is 3. The Kier molecular flexibility index (Phi) is 5.02. The number of ether oxygens (including phenoxy) is 2. The van der Waals surface area contributed by atoms with Crippen LogP contribution in [0.25, 0.3) is 0 Å². The molecule has 0 aliphatic carbocycles. The molecule has 0 fully saturated rings. The molecule has 0 saturated heterocycles. The Labute approximate surface area is 151 Å². The number of amides is 2. The van der Waals surface area contributed by atoms with Crippen LogP contribution >= 0.6 is 0 Å². The highest BCUT2D eigenvalue weighted by Crippen LogP contribution is 2.25. The zero-order valence-corrected chi connectivity index (χ0v) is 14.6. The van der Waals surface area contributed by atoms with Crippen molar-refractivity contribution in [2.45, 2.75) is 20.0 Å². The molecule has 0 aromatic heterocycles. The van der Waals surface area contributed by atoms with E-state index < -0.39 is 17.9 Å². The Morgan fingerprint density at radius 1 is 1.12 bits per heavy atom. The quantitative estimate of drug-likeness (QED) is 0.610. The number of hydrogen-bond donors (Lipinski definition) is 0. The molecule has 0 bridgehead atoms. The maximum Gasteiger partial charge on any atom is 0.270 e. The molecular formula is C20H19NO5. The summed E-state index contributed by atoms with van der Waals surface area (Å²) in [6, 6.07) is 13.2. The molecule has 2 aromatic carbocycles. The van der Waals surface area contributed by atoms with Crippen molar-refractivity contribution in [2.24, 2.45) is 0 Å². The van der Waals surface area contributed by atoms with E-state index in [0.29, 0.717) is 23.7 Å². The molecule has 0 N–H and O–H groups in total. The van der Waals surface area contributed by atoms with E-state index in [-0.39, 0.29) is 17.9 Å². The van der Waals surface area contributed by atoms with Crippen molar-refractivity contribution in [1.82, 2.24) is 4.90 Å². The first-order chi connectivity index (χ1) is 12.5. The SMILES string of the molecule is CCOc1ccc(C(=O)CN2C(=O)c3ccccc3O[C@H](C)C2=O)cc1. The fourth-order valence-electron chi connectivity index (χ4n) is 2.74. The van der Waals surface area contributed by atoms with Crippen LogP contribution in [0, 0.1) is 0 Å².